The smallest absolute Gasteiger partial charge is 0.345 e. The number of non-ortho nitro benzene ring substituents is 1. The number of nitro groups is 1. The third-order valence-electron chi connectivity index (χ3n) is 3.15. The summed E-state index contributed by atoms with van der Waals surface area (Å²) in [6.45, 7) is 1.57. The summed E-state index contributed by atoms with van der Waals surface area (Å²) in [6, 6.07) is 6.93. The van der Waals surface area contributed by atoms with Gasteiger partial charge >= 0.3 is 12.1 Å². The van der Waals surface area contributed by atoms with Gasteiger partial charge in [-0.25, -0.2) is 24.4 Å². The van der Waals surface area contributed by atoms with Crippen LogP contribution >= 0.6 is 0 Å². The van der Waals surface area contributed by atoms with E-state index in [1.54, 1.807) is 6.92 Å². The van der Waals surface area contributed by atoms with Crippen LogP contribution in [0, 0.1) is 22.9 Å². The van der Waals surface area contributed by atoms with E-state index in [4.69, 9.17) is 5.73 Å². The third-order valence-corrected chi connectivity index (χ3v) is 3.15. The standard InChI is InChI=1S/C15H14FN5O4/c1-9-7-12(21(24)25)5-6-13(9)18-15(23)20(19-14(17)22)11-4-2-3-10(16)8-11/h2-8H,1H3,(H,18,23)(H3,17,19,22). The Hall–Kier alpha value is -3.69. The number of nitro benzene ring substituents is 1. The number of nitrogens with one attached hydrogen (secondary N) is 2. The average molecular weight is 347 g/mol. The molecule has 2 aromatic carbocycles. The van der Waals surface area contributed by atoms with Crippen molar-refractivity contribution in [3.63, 3.8) is 0 Å². The predicted octanol–water partition coefficient (Wildman–Crippen LogP) is 2.66. The van der Waals surface area contributed by atoms with E-state index in [9.17, 15) is 24.1 Å². The number of nitrogens with zero attached hydrogens (tertiary/aromatic N) is 2. The molecule has 0 fully saturated rings. The van der Waals surface area contributed by atoms with Crippen molar-refractivity contribution in [3.05, 3.63) is 64.0 Å². The first-order chi connectivity index (χ1) is 11.8. The van der Waals surface area contributed by atoms with Crippen LogP contribution in [0.3, 0.4) is 0 Å². The van der Waals surface area contributed by atoms with Crippen LogP contribution in [0.5, 0.6) is 0 Å². The Labute approximate surface area is 141 Å². The highest BCUT2D eigenvalue weighted by atomic mass is 19.1. The Morgan fingerprint density at radius 2 is 1.96 bits per heavy atom. The lowest BCUT2D eigenvalue weighted by Gasteiger charge is -2.23. The maximum absolute atomic E-state index is 13.4. The number of benzene rings is 2. The van der Waals surface area contributed by atoms with Crippen LogP contribution in [0.2, 0.25) is 0 Å². The molecule has 4 N–H and O–H groups in total. The Balaban J connectivity index is 2.28. The molecule has 0 heterocycles. The molecule has 0 aliphatic carbocycles. The monoisotopic (exact) mass is 347 g/mol. The number of carbonyl (C=O) groups is 2. The van der Waals surface area contributed by atoms with Crippen molar-refractivity contribution in [1.82, 2.24) is 5.43 Å². The van der Waals surface area contributed by atoms with Gasteiger partial charge in [0.05, 0.1) is 10.6 Å². The Bertz CT molecular complexity index is 842. The quantitative estimate of drug-likeness (QED) is 0.582. The van der Waals surface area contributed by atoms with Gasteiger partial charge in [0.1, 0.15) is 5.82 Å². The van der Waals surface area contributed by atoms with E-state index < -0.39 is 22.8 Å². The highest BCUT2D eigenvalue weighted by Crippen LogP contribution is 2.22. The first-order valence-corrected chi connectivity index (χ1v) is 6.95. The lowest BCUT2D eigenvalue weighted by Crippen LogP contribution is -2.50. The first-order valence-electron chi connectivity index (χ1n) is 6.95. The van der Waals surface area contributed by atoms with Gasteiger partial charge in [0.2, 0.25) is 0 Å². The van der Waals surface area contributed by atoms with Gasteiger partial charge in [-0.2, -0.15) is 0 Å². The largest absolute Gasteiger partial charge is 0.350 e. The van der Waals surface area contributed by atoms with E-state index >= 15 is 0 Å². The molecule has 2 aromatic rings. The summed E-state index contributed by atoms with van der Waals surface area (Å²) in [6.07, 6.45) is 0. The number of nitrogens with two attached hydrogens (primary N) is 1. The summed E-state index contributed by atoms with van der Waals surface area (Å²) in [5, 5.41) is 13.9. The van der Waals surface area contributed by atoms with Gasteiger partial charge in [-0.1, -0.05) is 6.07 Å². The summed E-state index contributed by atoms with van der Waals surface area (Å²) in [7, 11) is 0. The Morgan fingerprint density at radius 3 is 2.52 bits per heavy atom. The maximum atomic E-state index is 13.4. The molecule has 0 radical (unpaired) electrons. The number of rotatable bonds is 3. The van der Waals surface area contributed by atoms with E-state index in [2.05, 4.69) is 10.7 Å². The lowest BCUT2D eigenvalue weighted by atomic mass is 10.2. The second-order valence-corrected chi connectivity index (χ2v) is 4.98. The zero-order valence-corrected chi connectivity index (χ0v) is 13.0. The van der Waals surface area contributed by atoms with Crippen LogP contribution in [0.1, 0.15) is 5.56 Å². The van der Waals surface area contributed by atoms with Crippen molar-refractivity contribution in [1.29, 1.82) is 0 Å². The molecule has 4 amide bonds. The number of hydrogen-bond acceptors (Lipinski definition) is 4. The van der Waals surface area contributed by atoms with E-state index in [0.29, 0.717) is 5.56 Å². The molecule has 0 aliphatic heterocycles. The van der Waals surface area contributed by atoms with Crippen LogP contribution in [-0.2, 0) is 0 Å². The van der Waals surface area contributed by atoms with Crippen LogP contribution in [0.25, 0.3) is 0 Å². The minimum absolute atomic E-state index is 0.0378. The summed E-state index contributed by atoms with van der Waals surface area (Å²) in [5.41, 5.74) is 7.74. The lowest BCUT2D eigenvalue weighted by molar-refractivity contribution is -0.384. The Morgan fingerprint density at radius 1 is 1.24 bits per heavy atom. The molecule has 0 aromatic heterocycles. The van der Waals surface area contributed by atoms with Crippen LogP contribution in [0.4, 0.5) is 31.0 Å². The number of aryl methyl sites for hydroxylation is 1. The van der Waals surface area contributed by atoms with Crippen LogP contribution < -0.4 is 21.5 Å². The molecule has 2 rings (SSSR count). The second kappa shape index (κ2) is 7.25. The van der Waals surface area contributed by atoms with Gasteiger partial charge in [-0.3, -0.25) is 10.1 Å². The summed E-state index contributed by atoms with van der Waals surface area (Å²) in [4.78, 5) is 33.7. The van der Waals surface area contributed by atoms with Crippen molar-refractivity contribution in [2.45, 2.75) is 6.92 Å². The number of carbonyl (C=O) groups excluding carboxylic acids is 2. The topological polar surface area (TPSA) is 131 Å². The molecule has 0 aliphatic rings. The summed E-state index contributed by atoms with van der Waals surface area (Å²) >= 11 is 0. The van der Waals surface area contributed by atoms with Crippen molar-refractivity contribution < 1.29 is 18.9 Å². The van der Waals surface area contributed by atoms with Crippen molar-refractivity contribution >= 4 is 29.1 Å². The zero-order valence-electron chi connectivity index (χ0n) is 13.0. The highest BCUT2D eigenvalue weighted by molar-refractivity contribution is 6.03. The Kier molecular flexibility index (Phi) is 5.12. The van der Waals surface area contributed by atoms with Gasteiger partial charge in [-0.15, -0.1) is 0 Å². The molecule has 0 bridgehead atoms. The second-order valence-electron chi connectivity index (χ2n) is 4.98. The third kappa shape index (κ3) is 4.41. The van der Waals surface area contributed by atoms with Crippen LogP contribution in [-0.4, -0.2) is 17.0 Å². The molecule has 130 valence electrons. The predicted molar refractivity (Wildman–Crippen MR) is 88.5 cm³/mol. The average Bonchev–Trinajstić information content (AvgIpc) is 2.54. The molecular weight excluding hydrogens is 333 g/mol. The number of primary amides is 1. The fourth-order valence-electron chi connectivity index (χ4n) is 2.03. The number of halogens is 1. The number of urea groups is 2. The minimum atomic E-state index is -1.03. The van der Waals surface area contributed by atoms with Crippen molar-refractivity contribution in [3.8, 4) is 0 Å². The molecule has 9 nitrogen and oxygen atoms in total. The molecule has 0 spiro atoms. The molecule has 10 heteroatoms. The number of hydrogen-bond donors (Lipinski definition) is 3. The fraction of sp³-hybridized carbons (Fsp3) is 0.0667. The first kappa shape index (κ1) is 17.7. The molecule has 0 saturated heterocycles. The molecule has 0 saturated carbocycles. The highest BCUT2D eigenvalue weighted by Gasteiger charge is 2.19. The van der Waals surface area contributed by atoms with Gasteiger partial charge in [0, 0.05) is 17.8 Å². The summed E-state index contributed by atoms with van der Waals surface area (Å²) < 4.78 is 13.4. The fourth-order valence-corrected chi connectivity index (χ4v) is 2.03. The summed E-state index contributed by atoms with van der Waals surface area (Å²) in [5.74, 6) is -0.618. The normalized spacial score (nSPS) is 10.0. The zero-order chi connectivity index (χ0) is 18.6. The number of amides is 4. The SMILES string of the molecule is Cc1cc([N+](=O)[O-])ccc1NC(=O)N(NC(N)=O)c1cccc(F)c1. The van der Waals surface area contributed by atoms with E-state index in [1.165, 1.54) is 36.4 Å². The van der Waals surface area contributed by atoms with E-state index in [-0.39, 0.29) is 17.1 Å². The number of hydrazine groups is 1. The molecule has 25 heavy (non-hydrogen) atoms. The van der Waals surface area contributed by atoms with Gasteiger partial charge in [0.15, 0.2) is 0 Å². The minimum Gasteiger partial charge on any atom is -0.350 e. The molecule has 0 atom stereocenters. The van der Waals surface area contributed by atoms with E-state index in [1.807, 2.05) is 0 Å². The van der Waals surface area contributed by atoms with E-state index in [0.717, 1.165) is 11.1 Å². The van der Waals surface area contributed by atoms with Crippen molar-refractivity contribution in [2.24, 2.45) is 5.73 Å². The molecular formula is C15H14FN5O4. The van der Waals surface area contributed by atoms with Gasteiger partial charge in [0.25, 0.3) is 5.69 Å². The van der Waals surface area contributed by atoms with Gasteiger partial charge in [-0.05, 0) is 36.8 Å². The van der Waals surface area contributed by atoms with Crippen LogP contribution in [0.15, 0.2) is 42.5 Å². The number of anilines is 2. The van der Waals surface area contributed by atoms with Crippen molar-refractivity contribution in [2.75, 3.05) is 10.3 Å². The van der Waals surface area contributed by atoms with Gasteiger partial charge < -0.3 is 11.1 Å². The molecule has 0 unspecified atom stereocenters. The maximum Gasteiger partial charge on any atom is 0.345 e.